The van der Waals surface area contributed by atoms with Gasteiger partial charge in [-0.05, 0) is 41.5 Å². The van der Waals surface area contributed by atoms with Crippen molar-refractivity contribution in [2.75, 3.05) is 0 Å². The highest BCUT2D eigenvalue weighted by atomic mass is 16.3. The number of rotatable bonds is 6. The summed E-state index contributed by atoms with van der Waals surface area (Å²) in [5.41, 5.74) is 10.7. The van der Waals surface area contributed by atoms with E-state index in [1.807, 2.05) is 140 Å². The Morgan fingerprint density at radius 3 is 1.61 bits per heavy atom. The maximum absolute atomic E-state index is 6.78. The van der Waals surface area contributed by atoms with Gasteiger partial charge in [0.15, 0.2) is 28.9 Å². The van der Waals surface area contributed by atoms with Crippen molar-refractivity contribution >= 4 is 44.0 Å². The molecule has 7 heteroatoms. The topological polar surface area (TPSA) is 90.7 Å². The summed E-state index contributed by atoms with van der Waals surface area (Å²) in [6, 6.07) is 58.8. The number of hydrogen-bond acceptors (Lipinski definition) is 7. The molecule has 0 saturated carbocycles. The van der Waals surface area contributed by atoms with Gasteiger partial charge in [-0.1, -0.05) is 146 Å². The van der Waals surface area contributed by atoms with Gasteiger partial charge in [-0.15, -0.1) is 0 Å². The Morgan fingerprint density at radius 1 is 0.321 bits per heavy atom. The standard InChI is InChI=1S/C49H29N5O2/c1-4-15-30(16-5-1)33-21-12-22-34(29-33)48-52-47(32-19-8-3-9-20-32)53-49(54-48)38-26-13-25-37-41-36(24-14-28-40(41)56-44(37)38)43-45-42(35-23-10-11-27-39(35)55-45)50-46(51-43)31-17-6-2-7-18-31/h1-29H. The molecule has 0 aliphatic heterocycles. The average molecular weight is 720 g/mol. The molecule has 0 amide bonds. The van der Waals surface area contributed by atoms with E-state index in [9.17, 15) is 0 Å². The van der Waals surface area contributed by atoms with Gasteiger partial charge in [0, 0.05) is 38.4 Å². The molecule has 0 fully saturated rings. The van der Waals surface area contributed by atoms with Crippen molar-refractivity contribution < 1.29 is 8.83 Å². The molecule has 4 aromatic heterocycles. The molecule has 0 saturated heterocycles. The molecular formula is C49H29N5O2. The number of furan rings is 2. The zero-order chi connectivity index (χ0) is 37.0. The van der Waals surface area contributed by atoms with Gasteiger partial charge in [0.05, 0.1) is 5.56 Å². The molecule has 7 nitrogen and oxygen atoms in total. The highest BCUT2D eigenvalue weighted by Gasteiger charge is 2.23. The maximum Gasteiger partial charge on any atom is 0.180 e. The maximum atomic E-state index is 6.78. The van der Waals surface area contributed by atoms with Crippen LogP contribution in [0.15, 0.2) is 185 Å². The molecule has 0 unspecified atom stereocenters. The summed E-state index contributed by atoms with van der Waals surface area (Å²) in [4.78, 5) is 25.4. The van der Waals surface area contributed by atoms with Gasteiger partial charge in [0.2, 0.25) is 0 Å². The van der Waals surface area contributed by atoms with Crippen LogP contribution in [0.3, 0.4) is 0 Å². The van der Waals surface area contributed by atoms with Crippen LogP contribution < -0.4 is 0 Å². The van der Waals surface area contributed by atoms with Crippen molar-refractivity contribution in [3.63, 3.8) is 0 Å². The lowest BCUT2D eigenvalue weighted by Crippen LogP contribution is -2.00. The number of fused-ring (bicyclic) bond motifs is 6. The Kier molecular flexibility index (Phi) is 7.35. The van der Waals surface area contributed by atoms with Crippen molar-refractivity contribution in [3.05, 3.63) is 176 Å². The minimum Gasteiger partial charge on any atom is -0.455 e. The van der Waals surface area contributed by atoms with Crippen LogP contribution in [0.1, 0.15) is 0 Å². The molecule has 56 heavy (non-hydrogen) atoms. The highest BCUT2D eigenvalue weighted by molar-refractivity contribution is 6.17. The molecule has 262 valence electrons. The van der Waals surface area contributed by atoms with Crippen LogP contribution in [0.4, 0.5) is 0 Å². The van der Waals surface area contributed by atoms with Crippen LogP contribution in [0, 0.1) is 0 Å². The van der Waals surface area contributed by atoms with Crippen molar-refractivity contribution in [2.45, 2.75) is 0 Å². The van der Waals surface area contributed by atoms with Gasteiger partial charge < -0.3 is 8.83 Å². The third-order valence-electron chi connectivity index (χ3n) is 10.2. The van der Waals surface area contributed by atoms with Crippen LogP contribution in [-0.4, -0.2) is 24.9 Å². The van der Waals surface area contributed by atoms with E-state index in [0.717, 1.165) is 66.2 Å². The lowest BCUT2D eigenvalue weighted by molar-refractivity contribution is 0.667. The molecule has 0 aliphatic rings. The zero-order valence-electron chi connectivity index (χ0n) is 29.8. The van der Waals surface area contributed by atoms with Crippen LogP contribution in [0.25, 0.3) is 112 Å². The fraction of sp³-hybridized carbons (Fsp3) is 0. The Hall–Kier alpha value is -7.77. The van der Waals surface area contributed by atoms with Crippen molar-refractivity contribution in [3.8, 4) is 67.9 Å². The second kappa shape index (κ2) is 13.0. The van der Waals surface area contributed by atoms with E-state index in [2.05, 4.69) is 36.4 Å². The molecule has 0 N–H and O–H groups in total. The summed E-state index contributed by atoms with van der Waals surface area (Å²) >= 11 is 0. The monoisotopic (exact) mass is 719 g/mol. The molecule has 0 spiro atoms. The summed E-state index contributed by atoms with van der Waals surface area (Å²) < 4.78 is 13.3. The second-order valence-electron chi connectivity index (χ2n) is 13.6. The molecule has 11 aromatic rings. The first kappa shape index (κ1) is 31.7. The molecule has 0 radical (unpaired) electrons. The fourth-order valence-corrected chi connectivity index (χ4v) is 7.52. The van der Waals surface area contributed by atoms with Crippen molar-refractivity contribution in [1.29, 1.82) is 0 Å². The van der Waals surface area contributed by atoms with Crippen LogP contribution in [-0.2, 0) is 0 Å². The summed E-state index contributed by atoms with van der Waals surface area (Å²) in [6.07, 6.45) is 0. The first-order valence-electron chi connectivity index (χ1n) is 18.4. The van der Waals surface area contributed by atoms with Gasteiger partial charge in [0.25, 0.3) is 0 Å². The molecule has 4 heterocycles. The van der Waals surface area contributed by atoms with Crippen LogP contribution >= 0.6 is 0 Å². The van der Waals surface area contributed by atoms with Gasteiger partial charge >= 0.3 is 0 Å². The number of benzene rings is 7. The van der Waals surface area contributed by atoms with E-state index in [-0.39, 0.29) is 0 Å². The molecule has 7 aromatic carbocycles. The molecule has 11 rings (SSSR count). The number of aromatic nitrogens is 5. The number of hydrogen-bond donors (Lipinski definition) is 0. The first-order valence-corrected chi connectivity index (χ1v) is 18.4. The van der Waals surface area contributed by atoms with E-state index >= 15 is 0 Å². The molecule has 0 bridgehead atoms. The SMILES string of the molecule is c1ccc(-c2cccc(-c3nc(-c4ccccc4)nc(-c4cccc5c4oc4cccc(-c6nc(-c7ccccc7)nc7c6oc6ccccc67)c45)n3)c2)cc1. The zero-order valence-corrected chi connectivity index (χ0v) is 29.8. The van der Waals surface area contributed by atoms with E-state index in [1.54, 1.807) is 0 Å². The molecule has 0 aliphatic carbocycles. The third kappa shape index (κ3) is 5.33. The summed E-state index contributed by atoms with van der Waals surface area (Å²) in [7, 11) is 0. The Bertz CT molecular complexity index is 3250. The summed E-state index contributed by atoms with van der Waals surface area (Å²) in [5.74, 6) is 2.28. The summed E-state index contributed by atoms with van der Waals surface area (Å²) in [5, 5.41) is 2.76. The van der Waals surface area contributed by atoms with E-state index in [1.165, 1.54) is 0 Å². The second-order valence-corrected chi connectivity index (χ2v) is 13.6. The lowest BCUT2D eigenvalue weighted by Gasteiger charge is -2.10. The van der Waals surface area contributed by atoms with Crippen molar-refractivity contribution in [2.24, 2.45) is 0 Å². The number of para-hydroxylation sites is 2. The number of nitrogens with zero attached hydrogens (tertiary/aromatic N) is 5. The predicted molar refractivity (Wildman–Crippen MR) is 223 cm³/mol. The Labute approximate surface area is 320 Å². The van der Waals surface area contributed by atoms with E-state index in [4.69, 9.17) is 33.8 Å². The molecular weight excluding hydrogens is 691 g/mol. The Balaban J connectivity index is 1.13. The quantitative estimate of drug-likeness (QED) is 0.169. The summed E-state index contributed by atoms with van der Waals surface area (Å²) in [6.45, 7) is 0. The van der Waals surface area contributed by atoms with E-state index < -0.39 is 0 Å². The van der Waals surface area contributed by atoms with Gasteiger partial charge in [-0.2, -0.15) is 0 Å². The van der Waals surface area contributed by atoms with E-state index in [0.29, 0.717) is 45.7 Å². The predicted octanol–water partition coefficient (Wildman–Crippen LogP) is 12.5. The minimum absolute atomic E-state index is 0.512. The highest BCUT2D eigenvalue weighted by Crippen LogP contribution is 2.43. The fourth-order valence-electron chi connectivity index (χ4n) is 7.52. The van der Waals surface area contributed by atoms with Crippen molar-refractivity contribution in [1.82, 2.24) is 24.9 Å². The Morgan fingerprint density at radius 2 is 0.839 bits per heavy atom. The third-order valence-corrected chi connectivity index (χ3v) is 10.2. The van der Waals surface area contributed by atoms with Crippen LogP contribution in [0.5, 0.6) is 0 Å². The average Bonchev–Trinajstić information content (AvgIpc) is 3.86. The largest absolute Gasteiger partial charge is 0.455 e. The lowest BCUT2D eigenvalue weighted by atomic mass is 10.0. The van der Waals surface area contributed by atoms with Gasteiger partial charge in [-0.3, -0.25) is 0 Å². The van der Waals surface area contributed by atoms with Crippen LogP contribution in [0.2, 0.25) is 0 Å². The van der Waals surface area contributed by atoms with Gasteiger partial charge in [-0.25, -0.2) is 24.9 Å². The first-order chi connectivity index (χ1) is 27.7. The minimum atomic E-state index is 0.512. The van der Waals surface area contributed by atoms with Gasteiger partial charge in [0.1, 0.15) is 28.0 Å². The molecule has 0 atom stereocenters. The normalized spacial score (nSPS) is 11.6. The smallest absolute Gasteiger partial charge is 0.180 e.